The molecule has 0 amide bonds. The molecule has 0 saturated carbocycles. The van der Waals surface area contributed by atoms with E-state index in [2.05, 4.69) is 88.6 Å². The highest BCUT2D eigenvalue weighted by molar-refractivity contribution is 5.54. The van der Waals surface area contributed by atoms with Crippen molar-refractivity contribution in [2.45, 2.75) is 54.9 Å². The summed E-state index contributed by atoms with van der Waals surface area (Å²) in [6, 6.07) is 15.0. The van der Waals surface area contributed by atoms with Crippen LogP contribution in [-0.2, 0) is 6.42 Å². The molecule has 2 rings (SSSR count). The molecule has 1 nitrogen and oxygen atoms in total. The fourth-order valence-electron chi connectivity index (χ4n) is 2.51. The molecule has 1 heteroatoms. The monoisotopic (exact) mass is 389 g/mol. The third-order valence-electron chi connectivity index (χ3n) is 4.07. The Morgan fingerprint density at radius 3 is 2.00 bits per heavy atom. The lowest BCUT2D eigenvalue weighted by Gasteiger charge is -2.08. The fourth-order valence-corrected chi connectivity index (χ4v) is 2.51. The van der Waals surface area contributed by atoms with Crippen LogP contribution in [-0.4, -0.2) is 0 Å². The van der Waals surface area contributed by atoms with Gasteiger partial charge in [-0.15, -0.1) is 0 Å². The first kappa shape index (κ1) is 26.2. The summed E-state index contributed by atoms with van der Waals surface area (Å²) in [5.74, 6) is 0. The van der Waals surface area contributed by atoms with E-state index >= 15 is 0 Å². The topological polar surface area (TPSA) is 12.0 Å². The second-order valence-corrected chi connectivity index (χ2v) is 7.21. The number of nitrogens with one attached hydrogen (secondary N) is 1. The Morgan fingerprint density at radius 2 is 1.55 bits per heavy atom. The van der Waals surface area contributed by atoms with E-state index in [-0.39, 0.29) is 0 Å². The Balaban J connectivity index is 0.000000417. The average molecular weight is 390 g/mol. The van der Waals surface area contributed by atoms with Crippen molar-refractivity contribution in [1.82, 2.24) is 0 Å². The lowest BCUT2D eigenvalue weighted by atomic mass is 10.1. The van der Waals surface area contributed by atoms with Crippen molar-refractivity contribution < 1.29 is 0 Å². The molecule has 0 aromatic heterocycles. The van der Waals surface area contributed by atoms with E-state index in [0.717, 1.165) is 17.8 Å². The van der Waals surface area contributed by atoms with Gasteiger partial charge in [0.1, 0.15) is 0 Å². The highest BCUT2D eigenvalue weighted by atomic mass is 14.9. The van der Waals surface area contributed by atoms with Crippen LogP contribution in [0.5, 0.6) is 0 Å². The molecule has 156 valence electrons. The molecule has 0 heterocycles. The maximum atomic E-state index is 3.80. The normalized spacial score (nSPS) is 10.4. The van der Waals surface area contributed by atoms with Crippen LogP contribution in [0, 0.1) is 20.8 Å². The van der Waals surface area contributed by atoms with Crippen molar-refractivity contribution in [3.8, 4) is 0 Å². The number of aryl methyl sites for hydroxylation is 4. The fraction of sp³-hybridized carbons (Fsp3) is 0.286. The predicted octanol–water partition coefficient (Wildman–Crippen LogP) is 8.50. The van der Waals surface area contributed by atoms with Crippen molar-refractivity contribution in [3.05, 3.63) is 113 Å². The molecule has 0 fully saturated rings. The van der Waals surface area contributed by atoms with Crippen LogP contribution in [0.1, 0.15) is 49.9 Å². The van der Waals surface area contributed by atoms with E-state index in [1.807, 2.05) is 39.0 Å². The Hall–Kier alpha value is -2.80. The molecule has 2 aromatic carbocycles. The van der Waals surface area contributed by atoms with Crippen LogP contribution in [0.4, 0.5) is 5.69 Å². The van der Waals surface area contributed by atoms with Gasteiger partial charge in [-0.25, -0.2) is 0 Å². The van der Waals surface area contributed by atoms with Gasteiger partial charge in [0.25, 0.3) is 0 Å². The summed E-state index contributed by atoms with van der Waals surface area (Å²) in [7, 11) is 0. The van der Waals surface area contributed by atoms with Crippen LogP contribution < -0.4 is 5.32 Å². The van der Waals surface area contributed by atoms with Crippen LogP contribution in [0.15, 0.2) is 91.2 Å². The van der Waals surface area contributed by atoms with E-state index in [1.165, 1.54) is 27.8 Å². The lowest BCUT2D eigenvalue weighted by Crippen LogP contribution is -1.95. The Labute approximate surface area is 179 Å². The number of benzene rings is 2. The summed E-state index contributed by atoms with van der Waals surface area (Å²) in [5.41, 5.74) is 8.67. The summed E-state index contributed by atoms with van der Waals surface area (Å²) < 4.78 is 0. The van der Waals surface area contributed by atoms with E-state index < -0.39 is 0 Å². The number of rotatable bonds is 5. The second-order valence-electron chi connectivity index (χ2n) is 7.21. The summed E-state index contributed by atoms with van der Waals surface area (Å²) in [5, 5.41) is 3.21. The Kier molecular flexibility index (Phi) is 13.7. The molecular weight excluding hydrogens is 350 g/mol. The number of anilines is 1. The molecular formula is C28H39N. The molecule has 0 atom stereocenters. The second kappa shape index (κ2) is 15.2. The average Bonchev–Trinajstić information content (AvgIpc) is 2.66. The maximum absolute atomic E-state index is 3.80. The summed E-state index contributed by atoms with van der Waals surface area (Å²) in [6.07, 6.45) is 8.95. The van der Waals surface area contributed by atoms with Gasteiger partial charge >= 0.3 is 0 Å². The third-order valence-corrected chi connectivity index (χ3v) is 4.07. The minimum Gasteiger partial charge on any atom is -0.360 e. The molecule has 0 aliphatic rings. The van der Waals surface area contributed by atoms with Crippen molar-refractivity contribution in [1.29, 1.82) is 0 Å². The SMILES string of the molecule is C=C(C)Nc1ccc(C)cc1C.C=C/C=C(C)\C=C/C.CCc1ccc(C)cc1. The van der Waals surface area contributed by atoms with E-state index in [4.69, 9.17) is 0 Å². The number of hydrogen-bond acceptors (Lipinski definition) is 1. The molecule has 0 radical (unpaired) electrons. The molecule has 0 unspecified atom stereocenters. The van der Waals surface area contributed by atoms with Gasteiger partial charge in [-0.3, -0.25) is 0 Å². The van der Waals surface area contributed by atoms with E-state index in [1.54, 1.807) is 6.08 Å². The molecule has 0 aliphatic heterocycles. The van der Waals surface area contributed by atoms with E-state index in [0.29, 0.717) is 0 Å². The van der Waals surface area contributed by atoms with E-state index in [9.17, 15) is 0 Å². The predicted molar refractivity (Wildman–Crippen MR) is 134 cm³/mol. The largest absolute Gasteiger partial charge is 0.360 e. The minimum absolute atomic E-state index is 0.974. The first-order valence-electron chi connectivity index (χ1n) is 10.2. The standard InChI is InChI=1S/C11H15N.C9H12.C8H12/c1-8(2)12-11-6-5-9(3)7-10(11)4;1-3-9-6-4-8(2)5-7-9;1-4-6-8(3)7-5-2/h5-7,12H,1H2,2-4H3;4-7H,3H2,1-2H3;4-7H,1H2,2-3H3/b;;7-5-,8-6-. The molecule has 0 spiro atoms. The summed E-state index contributed by atoms with van der Waals surface area (Å²) >= 11 is 0. The number of hydrogen-bond donors (Lipinski definition) is 1. The lowest BCUT2D eigenvalue weighted by molar-refractivity contribution is 1.14. The smallest absolute Gasteiger partial charge is 0.0411 e. The molecule has 2 aromatic rings. The Bertz CT molecular complexity index is 805. The van der Waals surface area contributed by atoms with Gasteiger partial charge in [0.2, 0.25) is 0 Å². The van der Waals surface area contributed by atoms with Crippen molar-refractivity contribution in [2.24, 2.45) is 0 Å². The highest BCUT2D eigenvalue weighted by Crippen LogP contribution is 2.17. The van der Waals surface area contributed by atoms with Crippen molar-refractivity contribution in [3.63, 3.8) is 0 Å². The van der Waals surface area contributed by atoms with Gasteiger partial charge in [0, 0.05) is 11.4 Å². The van der Waals surface area contributed by atoms with Crippen LogP contribution in [0.2, 0.25) is 0 Å². The Morgan fingerprint density at radius 1 is 0.966 bits per heavy atom. The van der Waals surface area contributed by atoms with Gasteiger partial charge in [-0.2, -0.15) is 0 Å². The van der Waals surface area contributed by atoms with Gasteiger partial charge in [0.05, 0.1) is 0 Å². The number of allylic oxidation sites excluding steroid dienone is 6. The molecule has 1 N–H and O–H groups in total. The van der Waals surface area contributed by atoms with Crippen molar-refractivity contribution in [2.75, 3.05) is 5.32 Å². The molecule has 29 heavy (non-hydrogen) atoms. The van der Waals surface area contributed by atoms with Crippen LogP contribution in [0.25, 0.3) is 0 Å². The zero-order chi connectivity index (χ0) is 22.2. The molecule has 0 aliphatic carbocycles. The zero-order valence-corrected chi connectivity index (χ0v) is 19.5. The molecule has 0 bridgehead atoms. The van der Waals surface area contributed by atoms with Gasteiger partial charge < -0.3 is 5.32 Å². The van der Waals surface area contributed by atoms with Gasteiger partial charge in [-0.05, 0) is 65.2 Å². The first-order valence-corrected chi connectivity index (χ1v) is 10.2. The van der Waals surface area contributed by atoms with Crippen molar-refractivity contribution >= 4 is 5.69 Å². The maximum Gasteiger partial charge on any atom is 0.0411 e. The highest BCUT2D eigenvalue weighted by Gasteiger charge is 1.96. The summed E-state index contributed by atoms with van der Waals surface area (Å²) in [4.78, 5) is 0. The quantitative estimate of drug-likeness (QED) is 0.505. The minimum atomic E-state index is 0.974. The van der Waals surface area contributed by atoms with Gasteiger partial charge in [0.15, 0.2) is 0 Å². The zero-order valence-electron chi connectivity index (χ0n) is 19.5. The first-order chi connectivity index (χ1) is 13.7. The van der Waals surface area contributed by atoms with Crippen LogP contribution >= 0.6 is 0 Å². The van der Waals surface area contributed by atoms with Gasteiger partial charge in [-0.1, -0.05) is 97.5 Å². The van der Waals surface area contributed by atoms with Crippen LogP contribution in [0.3, 0.4) is 0 Å². The summed E-state index contributed by atoms with van der Waals surface area (Å²) in [6.45, 7) is 21.8. The third kappa shape index (κ3) is 13.1. The molecule has 0 saturated heterocycles.